The first-order chi connectivity index (χ1) is 12.7. The van der Waals surface area contributed by atoms with Crippen LogP contribution in [0.4, 0.5) is 5.69 Å². The Bertz CT molecular complexity index is 1130. The number of anilines is 1. The standard InChI is InChI=1S/C22H16ClN3/c1-14-18-4-2-3-5-19(18)22(15-6-8-16(23)9-7-15)26(14)17-10-11-20-21(12-17)25-13-24-20/h2-13,22H,1H2,(H,24,25). The van der Waals surface area contributed by atoms with E-state index in [-0.39, 0.29) is 6.04 Å². The Morgan fingerprint density at radius 1 is 1.00 bits per heavy atom. The predicted octanol–water partition coefficient (Wildman–Crippen LogP) is 5.80. The van der Waals surface area contributed by atoms with Crippen molar-refractivity contribution in [2.75, 3.05) is 4.90 Å². The van der Waals surface area contributed by atoms with Crippen molar-refractivity contribution in [3.8, 4) is 0 Å². The van der Waals surface area contributed by atoms with Crippen molar-refractivity contribution in [2.24, 2.45) is 0 Å². The molecule has 0 saturated heterocycles. The third kappa shape index (κ3) is 2.25. The molecule has 0 amide bonds. The van der Waals surface area contributed by atoms with Gasteiger partial charge in [-0.15, -0.1) is 0 Å². The first-order valence-corrected chi connectivity index (χ1v) is 8.86. The Labute approximate surface area is 156 Å². The Morgan fingerprint density at radius 2 is 1.81 bits per heavy atom. The second-order valence-electron chi connectivity index (χ2n) is 6.46. The lowest BCUT2D eigenvalue weighted by Crippen LogP contribution is -2.21. The van der Waals surface area contributed by atoms with Gasteiger partial charge in [-0.05, 0) is 41.5 Å². The number of imidazole rings is 1. The number of fused-ring (bicyclic) bond motifs is 2. The van der Waals surface area contributed by atoms with Crippen LogP contribution in [0.2, 0.25) is 5.02 Å². The normalized spacial score (nSPS) is 16.3. The van der Waals surface area contributed by atoms with E-state index in [1.54, 1.807) is 6.33 Å². The number of hydrogen-bond donors (Lipinski definition) is 1. The van der Waals surface area contributed by atoms with Crippen molar-refractivity contribution in [3.63, 3.8) is 0 Å². The summed E-state index contributed by atoms with van der Waals surface area (Å²) in [7, 11) is 0. The van der Waals surface area contributed by atoms with Gasteiger partial charge in [-0.1, -0.05) is 54.6 Å². The first kappa shape index (κ1) is 15.2. The molecule has 1 atom stereocenters. The van der Waals surface area contributed by atoms with Crippen LogP contribution in [0.5, 0.6) is 0 Å². The molecule has 1 aliphatic rings. The summed E-state index contributed by atoms with van der Waals surface area (Å²) in [6.07, 6.45) is 1.72. The number of H-pyrrole nitrogens is 1. The monoisotopic (exact) mass is 357 g/mol. The van der Waals surface area contributed by atoms with E-state index in [1.165, 1.54) is 16.7 Å². The summed E-state index contributed by atoms with van der Waals surface area (Å²) < 4.78 is 0. The molecule has 4 aromatic rings. The third-order valence-corrected chi connectivity index (χ3v) is 5.24. The van der Waals surface area contributed by atoms with Gasteiger partial charge in [-0.25, -0.2) is 4.98 Å². The van der Waals surface area contributed by atoms with Gasteiger partial charge < -0.3 is 9.88 Å². The van der Waals surface area contributed by atoms with Gasteiger partial charge in [-0.3, -0.25) is 0 Å². The van der Waals surface area contributed by atoms with Crippen LogP contribution in [0.3, 0.4) is 0 Å². The molecule has 26 heavy (non-hydrogen) atoms. The molecule has 3 nitrogen and oxygen atoms in total. The van der Waals surface area contributed by atoms with Gasteiger partial charge in [0.05, 0.1) is 23.4 Å². The summed E-state index contributed by atoms with van der Waals surface area (Å²) in [5.74, 6) is 0. The Hall–Kier alpha value is -3.04. The highest BCUT2D eigenvalue weighted by Gasteiger charge is 2.34. The second-order valence-corrected chi connectivity index (χ2v) is 6.90. The van der Waals surface area contributed by atoms with Crippen molar-refractivity contribution >= 4 is 34.0 Å². The van der Waals surface area contributed by atoms with Crippen LogP contribution < -0.4 is 4.90 Å². The van der Waals surface area contributed by atoms with Gasteiger partial charge in [0, 0.05) is 22.0 Å². The lowest BCUT2D eigenvalue weighted by Gasteiger charge is -2.28. The second kappa shape index (κ2) is 5.75. The average molecular weight is 358 g/mol. The van der Waals surface area contributed by atoms with E-state index < -0.39 is 0 Å². The molecule has 4 heteroatoms. The van der Waals surface area contributed by atoms with Crippen LogP contribution in [-0.4, -0.2) is 9.97 Å². The molecule has 1 aromatic heterocycles. The first-order valence-electron chi connectivity index (χ1n) is 8.48. The maximum atomic E-state index is 6.11. The van der Waals surface area contributed by atoms with Crippen LogP contribution >= 0.6 is 11.6 Å². The molecule has 0 fully saturated rings. The van der Waals surface area contributed by atoms with Crippen molar-refractivity contribution in [1.82, 2.24) is 9.97 Å². The minimum absolute atomic E-state index is 0.0624. The molecule has 5 rings (SSSR count). The number of nitrogens with zero attached hydrogens (tertiary/aromatic N) is 2. The van der Waals surface area contributed by atoms with Gasteiger partial charge in [-0.2, -0.15) is 0 Å². The average Bonchev–Trinajstić information content (AvgIpc) is 3.25. The number of aromatic nitrogens is 2. The largest absolute Gasteiger partial charge is 0.345 e. The van der Waals surface area contributed by atoms with E-state index in [9.17, 15) is 0 Å². The van der Waals surface area contributed by atoms with Crippen LogP contribution in [0, 0.1) is 0 Å². The van der Waals surface area contributed by atoms with Gasteiger partial charge >= 0.3 is 0 Å². The highest BCUT2D eigenvalue weighted by Crippen LogP contribution is 2.47. The third-order valence-electron chi connectivity index (χ3n) is 4.98. The quantitative estimate of drug-likeness (QED) is 0.492. The molecule has 0 aliphatic carbocycles. The minimum Gasteiger partial charge on any atom is -0.345 e. The maximum Gasteiger partial charge on any atom is 0.0931 e. The molecule has 1 unspecified atom stereocenters. The Morgan fingerprint density at radius 3 is 2.65 bits per heavy atom. The predicted molar refractivity (Wildman–Crippen MR) is 107 cm³/mol. The van der Waals surface area contributed by atoms with E-state index in [2.05, 4.69) is 76.0 Å². The van der Waals surface area contributed by atoms with Crippen LogP contribution in [0.1, 0.15) is 22.7 Å². The number of halogens is 1. The van der Waals surface area contributed by atoms with Crippen molar-refractivity contribution in [2.45, 2.75) is 6.04 Å². The molecule has 0 radical (unpaired) electrons. The van der Waals surface area contributed by atoms with Crippen molar-refractivity contribution in [1.29, 1.82) is 0 Å². The van der Waals surface area contributed by atoms with E-state index >= 15 is 0 Å². The number of nitrogens with one attached hydrogen (secondary N) is 1. The fourth-order valence-electron chi connectivity index (χ4n) is 3.77. The van der Waals surface area contributed by atoms with Crippen molar-refractivity contribution in [3.05, 3.63) is 101 Å². The number of aromatic amines is 1. The molecule has 2 heterocycles. The zero-order valence-electron chi connectivity index (χ0n) is 14.0. The molecule has 0 bridgehead atoms. The summed E-state index contributed by atoms with van der Waals surface area (Å²) in [6, 6.07) is 22.8. The van der Waals surface area contributed by atoms with Crippen LogP contribution in [0.25, 0.3) is 16.7 Å². The summed E-state index contributed by atoms with van der Waals surface area (Å²) in [6.45, 7) is 4.39. The summed E-state index contributed by atoms with van der Waals surface area (Å²) in [4.78, 5) is 9.83. The van der Waals surface area contributed by atoms with Gasteiger partial charge in [0.25, 0.3) is 0 Å². The SMILES string of the molecule is C=C1c2ccccc2C(c2ccc(Cl)cc2)N1c1ccc2[nH]cnc2c1. The van der Waals surface area contributed by atoms with Crippen LogP contribution in [-0.2, 0) is 0 Å². The lowest BCUT2D eigenvalue weighted by molar-refractivity contribution is 0.864. The van der Waals surface area contributed by atoms with E-state index in [4.69, 9.17) is 11.6 Å². The molecular weight excluding hydrogens is 342 g/mol. The van der Waals surface area contributed by atoms with E-state index in [1.807, 2.05) is 12.1 Å². The summed E-state index contributed by atoms with van der Waals surface area (Å²) in [5, 5.41) is 0.739. The summed E-state index contributed by atoms with van der Waals surface area (Å²) in [5.41, 5.74) is 7.65. The lowest BCUT2D eigenvalue weighted by atomic mass is 9.97. The fourth-order valence-corrected chi connectivity index (χ4v) is 3.90. The summed E-state index contributed by atoms with van der Waals surface area (Å²) >= 11 is 6.11. The molecule has 1 N–H and O–H groups in total. The Kier molecular flexibility index (Phi) is 3.37. The molecule has 0 saturated carbocycles. The highest BCUT2D eigenvalue weighted by atomic mass is 35.5. The van der Waals surface area contributed by atoms with Gasteiger partial charge in [0.1, 0.15) is 0 Å². The Balaban J connectivity index is 1.71. The minimum atomic E-state index is 0.0624. The highest BCUT2D eigenvalue weighted by molar-refractivity contribution is 6.30. The zero-order valence-corrected chi connectivity index (χ0v) is 14.7. The van der Waals surface area contributed by atoms with Crippen molar-refractivity contribution < 1.29 is 0 Å². The molecule has 126 valence electrons. The smallest absolute Gasteiger partial charge is 0.0931 e. The zero-order chi connectivity index (χ0) is 17.7. The number of rotatable bonds is 2. The number of hydrogen-bond acceptors (Lipinski definition) is 2. The molecule has 3 aromatic carbocycles. The van der Waals surface area contributed by atoms with Crippen LogP contribution in [0.15, 0.2) is 79.6 Å². The molecule has 0 spiro atoms. The van der Waals surface area contributed by atoms with E-state index in [0.29, 0.717) is 0 Å². The van der Waals surface area contributed by atoms with E-state index in [0.717, 1.165) is 27.4 Å². The maximum absolute atomic E-state index is 6.11. The molecule has 1 aliphatic heterocycles. The molecular formula is C22H16ClN3. The fraction of sp³-hybridized carbons (Fsp3) is 0.0455. The topological polar surface area (TPSA) is 31.9 Å². The van der Waals surface area contributed by atoms with Gasteiger partial charge in [0.15, 0.2) is 0 Å². The number of benzene rings is 3. The van der Waals surface area contributed by atoms with Gasteiger partial charge in [0.2, 0.25) is 0 Å².